The van der Waals surface area contributed by atoms with Crippen LogP contribution >= 0.6 is 15.9 Å². The zero-order valence-electron chi connectivity index (χ0n) is 17.4. The number of carbonyl (C=O) groups is 4. The number of carbonyl (C=O) groups excluding carboxylic acids is 4. The van der Waals surface area contributed by atoms with E-state index in [4.69, 9.17) is 4.74 Å². The van der Waals surface area contributed by atoms with Crippen molar-refractivity contribution in [3.8, 4) is 11.5 Å². The number of hydrogen-bond donors (Lipinski definition) is 1. The first-order valence-electron chi connectivity index (χ1n) is 10.3. The summed E-state index contributed by atoms with van der Waals surface area (Å²) in [4.78, 5) is 53.1. The van der Waals surface area contributed by atoms with E-state index in [0.717, 1.165) is 10.5 Å². The van der Waals surface area contributed by atoms with Crippen LogP contribution in [0.3, 0.4) is 0 Å². The molecule has 2 amide bonds. The van der Waals surface area contributed by atoms with Crippen LogP contribution in [-0.2, 0) is 19.2 Å². The van der Waals surface area contributed by atoms with Gasteiger partial charge in [0.2, 0.25) is 11.8 Å². The van der Waals surface area contributed by atoms with Crippen LogP contribution in [0.15, 0.2) is 51.6 Å². The molecule has 0 spiro atoms. The van der Waals surface area contributed by atoms with Crippen molar-refractivity contribution in [3.63, 3.8) is 0 Å². The Kier molecular flexibility index (Phi) is 4.74. The van der Waals surface area contributed by atoms with Gasteiger partial charge in [0.05, 0.1) is 23.4 Å². The molecule has 4 aliphatic rings. The topological polar surface area (TPSA) is 101 Å². The number of nitrogens with zero attached hydrogens (tertiary/aromatic N) is 1. The molecule has 3 aliphatic carbocycles. The molecule has 0 unspecified atom stereocenters. The molecular formula is C24H20BrNO6. The molecule has 1 fully saturated rings. The van der Waals surface area contributed by atoms with Crippen molar-refractivity contribution in [2.24, 2.45) is 17.8 Å². The number of likely N-dealkylation sites (tertiary alicyclic amines) is 1. The van der Waals surface area contributed by atoms with Crippen molar-refractivity contribution in [1.29, 1.82) is 0 Å². The minimum absolute atomic E-state index is 0.0651. The monoisotopic (exact) mass is 497 g/mol. The summed E-state index contributed by atoms with van der Waals surface area (Å²) in [6.45, 7) is 0. The van der Waals surface area contributed by atoms with Crippen molar-refractivity contribution in [2.45, 2.75) is 18.8 Å². The van der Waals surface area contributed by atoms with E-state index in [1.807, 2.05) is 6.08 Å². The quantitative estimate of drug-likeness (QED) is 0.383. The number of rotatable bonds is 2. The van der Waals surface area contributed by atoms with Gasteiger partial charge < -0.3 is 9.84 Å². The summed E-state index contributed by atoms with van der Waals surface area (Å²) in [5, 5.41) is 10.8. The first-order valence-corrected chi connectivity index (χ1v) is 11.1. The number of methoxy groups -OCH3 is 1. The first-order chi connectivity index (χ1) is 15.3. The Hall–Kier alpha value is -3.00. The maximum Gasteiger partial charge on any atom is 0.233 e. The van der Waals surface area contributed by atoms with Crippen molar-refractivity contribution in [2.75, 3.05) is 14.2 Å². The highest BCUT2D eigenvalue weighted by atomic mass is 79.9. The second-order valence-corrected chi connectivity index (χ2v) is 9.38. The Morgan fingerprint density at radius 3 is 2.59 bits per heavy atom. The molecule has 1 heterocycles. The van der Waals surface area contributed by atoms with Gasteiger partial charge in [0, 0.05) is 35.8 Å². The summed E-state index contributed by atoms with van der Waals surface area (Å²) in [6, 6.07) is 4.83. The summed E-state index contributed by atoms with van der Waals surface area (Å²) >= 11 is 3.19. The Bertz CT molecular complexity index is 1210. The van der Waals surface area contributed by atoms with Crippen LogP contribution in [0.25, 0.3) is 0 Å². The van der Waals surface area contributed by atoms with E-state index in [0.29, 0.717) is 28.9 Å². The molecular weight excluding hydrogens is 478 g/mol. The molecule has 1 aromatic carbocycles. The molecule has 164 valence electrons. The number of fused-ring (bicyclic) bond motifs is 3. The summed E-state index contributed by atoms with van der Waals surface area (Å²) in [6.07, 6.45) is 3.71. The standard InChI is InChI=1S/C24H20BrNO6/c1-26-23(30)11-7-6-10-12(18(11)24(26)31)8-13-19(16(28)9-14(25)22(13)29)20(10)21-15(27)4-3-5-17(21)32-2/h3-6,9,11-12,18,20,27H,7-8H2,1-2H3/t11-,12+,18-,20-/m0/s1. The van der Waals surface area contributed by atoms with E-state index < -0.39 is 23.7 Å². The predicted octanol–water partition coefficient (Wildman–Crippen LogP) is 2.79. The average molecular weight is 498 g/mol. The molecule has 8 heteroatoms. The molecule has 1 N–H and O–H groups in total. The number of phenolic OH excluding ortho intramolecular Hbond substituents is 1. The molecule has 1 aromatic rings. The predicted molar refractivity (Wildman–Crippen MR) is 117 cm³/mol. The van der Waals surface area contributed by atoms with Gasteiger partial charge in [-0.05, 0) is 46.8 Å². The normalized spacial score (nSPS) is 29.4. The Morgan fingerprint density at radius 2 is 1.88 bits per heavy atom. The number of hydrogen-bond acceptors (Lipinski definition) is 6. The lowest BCUT2D eigenvalue weighted by Crippen LogP contribution is -2.39. The number of allylic oxidation sites excluding steroid dienone is 6. The SMILES string of the molecule is COc1cccc(O)c1[C@H]1C2=CC[C@@H]3C(=O)N(C)C(=O)[C@@H]3[C@@H]2CC2=C1C(=O)C=C(Br)C2=O. The van der Waals surface area contributed by atoms with Gasteiger partial charge in [-0.1, -0.05) is 17.7 Å². The molecule has 32 heavy (non-hydrogen) atoms. The minimum atomic E-state index is -0.747. The fourth-order valence-electron chi connectivity index (χ4n) is 5.70. The van der Waals surface area contributed by atoms with E-state index in [2.05, 4.69) is 15.9 Å². The Morgan fingerprint density at radius 1 is 1.12 bits per heavy atom. The van der Waals surface area contributed by atoms with Gasteiger partial charge in [0.1, 0.15) is 11.5 Å². The minimum Gasteiger partial charge on any atom is -0.507 e. The fourth-order valence-corrected chi connectivity index (χ4v) is 6.14. The number of phenols is 1. The zero-order valence-corrected chi connectivity index (χ0v) is 19.0. The number of amides is 2. The molecule has 1 saturated heterocycles. The van der Waals surface area contributed by atoms with Crippen molar-refractivity contribution < 1.29 is 29.0 Å². The molecule has 7 nitrogen and oxygen atoms in total. The fraction of sp³-hybridized carbons (Fsp3) is 0.333. The number of benzene rings is 1. The van der Waals surface area contributed by atoms with Gasteiger partial charge in [-0.15, -0.1) is 0 Å². The van der Waals surface area contributed by atoms with Gasteiger partial charge >= 0.3 is 0 Å². The van der Waals surface area contributed by atoms with E-state index in [-0.39, 0.29) is 40.0 Å². The summed E-state index contributed by atoms with van der Waals surface area (Å²) < 4.78 is 5.67. The van der Waals surface area contributed by atoms with E-state index >= 15 is 0 Å². The molecule has 1 aliphatic heterocycles. The summed E-state index contributed by atoms with van der Waals surface area (Å²) in [5.41, 5.74) is 1.77. The Balaban J connectivity index is 1.77. The Labute approximate surface area is 192 Å². The van der Waals surface area contributed by atoms with Gasteiger partial charge in [-0.2, -0.15) is 0 Å². The highest BCUT2D eigenvalue weighted by Crippen LogP contribution is 2.57. The van der Waals surface area contributed by atoms with Crippen LogP contribution in [-0.4, -0.2) is 47.5 Å². The number of ketones is 2. The van der Waals surface area contributed by atoms with Gasteiger partial charge in [-0.3, -0.25) is 24.1 Å². The second kappa shape index (κ2) is 7.27. The highest BCUT2D eigenvalue weighted by Gasteiger charge is 2.55. The lowest BCUT2D eigenvalue weighted by molar-refractivity contribution is -0.138. The lowest BCUT2D eigenvalue weighted by atomic mass is 9.59. The number of halogens is 1. The molecule has 0 radical (unpaired) electrons. The van der Waals surface area contributed by atoms with Crippen LogP contribution < -0.4 is 4.74 Å². The maximum absolute atomic E-state index is 13.2. The smallest absolute Gasteiger partial charge is 0.233 e. The molecule has 0 aromatic heterocycles. The lowest BCUT2D eigenvalue weighted by Gasteiger charge is -2.42. The van der Waals surface area contributed by atoms with Crippen LogP contribution in [0.2, 0.25) is 0 Å². The van der Waals surface area contributed by atoms with Crippen molar-refractivity contribution in [3.05, 3.63) is 57.1 Å². The summed E-state index contributed by atoms with van der Waals surface area (Å²) in [7, 11) is 2.95. The number of ether oxygens (including phenoxy) is 1. The largest absolute Gasteiger partial charge is 0.507 e. The highest BCUT2D eigenvalue weighted by molar-refractivity contribution is 9.12. The molecule has 0 saturated carbocycles. The summed E-state index contributed by atoms with van der Waals surface area (Å²) in [5.74, 6) is -3.08. The van der Waals surface area contributed by atoms with Crippen LogP contribution in [0.5, 0.6) is 11.5 Å². The van der Waals surface area contributed by atoms with Gasteiger partial charge in [0.15, 0.2) is 11.6 Å². The average Bonchev–Trinajstić information content (AvgIpc) is 3.00. The third-order valence-corrected chi connectivity index (χ3v) is 7.69. The first kappa shape index (κ1) is 20.9. The zero-order chi connectivity index (χ0) is 22.9. The van der Waals surface area contributed by atoms with E-state index in [1.165, 1.54) is 26.3 Å². The van der Waals surface area contributed by atoms with Crippen molar-refractivity contribution in [1.82, 2.24) is 4.90 Å². The second-order valence-electron chi connectivity index (χ2n) is 8.52. The molecule has 4 atom stereocenters. The van der Waals surface area contributed by atoms with Gasteiger partial charge in [0.25, 0.3) is 0 Å². The third-order valence-electron chi connectivity index (χ3n) is 7.10. The number of aromatic hydroxyl groups is 1. The maximum atomic E-state index is 13.2. The van der Waals surface area contributed by atoms with Crippen LogP contribution in [0, 0.1) is 17.8 Å². The third kappa shape index (κ3) is 2.71. The number of imide groups is 1. The van der Waals surface area contributed by atoms with Crippen LogP contribution in [0.1, 0.15) is 24.3 Å². The number of Topliss-reactive ketones (excluding diaryl/α,β-unsaturated/α-hetero) is 1. The van der Waals surface area contributed by atoms with Crippen molar-refractivity contribution >= 4 is 39.3 Å². The van der Waals surface area contributed by atoms with E-state index in [1.54, 1.807) is 12.1 Å². The molecule has 5 rings (SSSR count). The van der Waals surface area contributed by atoms with E-state index in [9.17, 15) is 24.3 Å². The van der Waals surface area contributed by atoms with Gasteiger partial charge in [-0.25, -0.2) is 0 Å². The van der Waals surface area contributed by atoms with Crippen LogP contribution in [0.4, 0.5) is 0 Å². The molecule has 0 bridgehead atoms.